The molecular formula is C13H18F5N3O3. The summed E-state index contributed by atoms with van der Waals surface area (Å²) >= 11 is 0. The summed E-state index contributed by atoms with van der Waals surface area (Å²) in [5.74, 6) is -5.42. The molecule has 3 rings (SSSR count). The number of aliphatic carboxylic acids is 1. The number of nitrogens with one attached hydrogen (secondary N) is 1. The van der Waals surface area contributed by atoms with Crippen LogP contribution in [0.4, 0.5) is 26.7 Å². The zero-order valence-corrected chi connectivity index (χ0v) is 12.7. The van der Waals surface area contributed by atoms with E-state index in [1.165, 1.54) is 4.90 Å². The van der Waals surface area contributed by atoms with Crippen molar-refractivity contribution >= 4 is 12.0 Å². The fourth-order valence-corrected chi connectivity index (χ4v) is 3.02. The summed E-state index contributed by atoms with van der Waals surface area (Å²) in [5.41, 5.74) is 0.272. The van der Waals surface area contributed by atoms with E-state index in [1.54, 1.807) is 4.90 Å². The van der Waals surface area contributed by atoms with Crippen molar-refractivity contribution in [3.8, 4) is 0 Å². The van der Waals surface area contributed by atoms with Gasteiger partial charge in [-0.15, -0.1) is 0 Å². The minimum absolute atomic E-state index is 0.208. The van der Waals surface area contributed by atoms with Crippen LogP contribution in [0.3, 0.4) is 0 Å². The first-order valence-corrected chi connectivity index (χ1v) is 7.37. The molecule has 11 heteroatoms. The van der Waals surface area contributed by atoms with Crippen molar-refractivity contribution in [1.82, 2.24) is 15.1 Å². The molecule has 6 nitrogen and oxygen atoms in total. The average Bonchev–Trinajstić information content (AvgIpc) is 2.41. The molecular weight excluding hydrogens is 341 g/mol. The maximum atomic E-state index is 12.7. The number of nitrogens with zero attached hydrogens (tertiary/aromatic N) is 2. The minimum atomic E-state index is -5.08. The number of hydrogen-bond donors (Lipinski definition) is 2. The number of carbonyl (C=O) groups is 2. The quantitative estimate of drug-likeness (QED) is 0.641. The number of piperidine rings is 1. The van der Waals surface area contributed by atoms with Gasteiger partial charge in [0.2, 0.25) is 0 Å². The Morgan fingerprint density at radius 1 is 0.958 bits per heavy atom. The van der Waals surface area contributed by atoms with E-state index in [9.17, 15) is 26.7 Å². The monoisotopic (exact) mass is 359 g/mol. The van der Waals surface area contributed by atoms with Crippen LogP contribution in [0.2, 0.25) is 0 Å². The van der Waals surface area contributed by atoms with Gasteiger partial charge < -0.3 is 20.2 Å². The molecule has 0 aromatic rings. The molecule has 3 heterocycles. The Hall–Kier alpha value is -1.65. The van der Waals surface area contributed by atoms with Crippen molar-refractivity contribution < 1.29 is 36.6 Å². The highest BCUT2D eigenvalue weighted by atomic mass is 19.4. The number of halogens is 5. The number of amides is 2. The molecule has 0 bridgehead atoms. The van der Waals surface area contributed by atoms with E-state index < -0.39 is 31.2 Å². The van der Waals surface area contributed by atoms with Crippen molar-refractivity contribution in [2.75, 3.05) is 39.3 Å². The van der Waals surface area contributed by atoms with Crippen molar-refractivity contribution in [3.05, 3.63) is 0 Å². The van der Waals surface area contributed by atoms with Gasteiger partial charge in [0, 0.05) is 18.5 Å². The van der Waals surface area contributed by atoms with E-state index in [0.717, 1.165) is 39.0 Å². The van der Waals surface area contributed by atoms with Gasteiger partial charge in [0.1, 0.15) is 0 Å². The Labute approximate surface area is 134 Å². The predicted octanol–water partition coefficient (Wildman–Crippen LogP) is 1.38. The molecule has 2 amide bonds. The molecule has 0 radical (unpaired) electrons. The van der Waals surface area contributed by atoms with Crippen LogP contribution in [-0.4, -0.2) is 78.3 Å². The number of likely N-dealkylation sites (tertiary alicyclic amines) is 2. The molecule has 0 atom stereocenters. The Morgan fingerprint density at radius 2 is 1.38 bits per heavy atom. The second-order valence-corrected chi connectivity index (χ2v) is 6.40. The smallest absolute Gasteiger partial charge is 0.475 e. The molecule has 138 valence electrons. The first kappa shape index (κ1) is 18.7. The molecule has 1 spiro atoms. The molecule has 3 aliphatic rings. The second-order valence-electron chi connectivity index (χ2n) is 6.40. The minimum Gasteiger partial charge on any atom is -0.475 e. The Kier molecular flexibility index (Phi) is 4.93. The van der Waals surface area contributed by atoms with E-state index in [2.05, 4.69) is 5.32 Å². The molecule has 3 fully saturated rings. The number of alkyl halides is 5. The second kappa shape index (κ2) is 6.34. The van der Waals surface area contributed by atoms with Gasteiger partial charge in [-0.2, -0.15) is 13.2 Å². The summed E-state index contributed by atoms with van der Waals surface area (Å²) in [6.45, 7) is 2.69. The van der Waals surface area contributed by atoms with Gasteiger partial charge in [0.25, 0.3) is 5.92 Å². The van der Waals surface area contributed by atoms with Gasteiger partial charge >= 0.3 is 18.2 Å². The van der Waals surface area contributed by atoms with Crippen LogP contribution in [0.15, 0.2) is 0 Å². The van der Waals surface area contributed by atoms with Crippen LogP contribution in [0.1, 0.15) is 12.8 Å². The fraction of sp³-hybridized carbons (Fsp3) is 0.846. The molecule has 0 aromatic carbocycles. The lowest BCUT2D eigenvalue weighted by molar-refractivity contribution is -0.192. The Balaban J connectivity index is 0.000000256. The van der Waals surface area contributed by atoms with Crippen LogP contribution in [0.25, 0.3) is 0 Å². The molecule has 24 heavy (non-hydrogen) atoms. The molecule has 3 aliphatic heterocycles. The van der Waals surface area contributed by atoms with E-state index in [1.807, 2.05) is 0 Å². The third-order valence-electron chi connectivity index (χ3n) is 4.34. The van der Waals surface area contributed by atoms with Gasteiger partial charge in [-0.25, -0.2) is 18.4 Å². The number of rotatable bonds is 0. The maximum absolute atomic E-state index is 12.7. The average molecular weight is 359 g/mol. The third kappa shape index (κ3) is 4.25. The summed E-state index contributed by atoms with van der Waals surface area (Å²) in [7, 11) is 0. The lowest BCUT2D eigenvalue weighted by atomic mass is 9.72. The summed E-state index contributed by atoms with van der Waals surface area (Å²) in [6.07, 6.45) is -2.90. The summed E-state index contributed by atoms with van der Waals surface area (Å²) in [5, 5.41) is 10.4. The van der Waals surface area contributed by atoms with E-state index in [-0.39, 0.29) is 11.4 Å². The topological polar surface area (TPSA) is 72.9 Å². The highest BCUT2D eigenvalue weighted by Gasteiger charge is 2.52. The summed E-state index contributed by atoms with van der Waals surface area (Å²) < 4.78 is 57.1. The first-order chi connectivity index (χ1) is 10.9. The largest absolute Gasteiger partial charge is 0.490 e. The predicted molar refractivity (Wildman–Crippen MR) is 71.7 cm³/mol. The molecule has 3 saturated heterocycles. The molecule has 0 unspecified atom stereocenters. The SMILES string of the molecule is O=C(N1CC(F)(F)C1)N1CC2(CCNCC2)C1.O=C(O)C(F)(F)F. The van der Waals surface area contributed by atoms with Crippen molar-refractivity contribution in [2.45, 2.75) is 24.9 Å². The van der Waals surface area contributed by atoms with Crippen molar-refractivity contribution in [2.24, 2.45) is 5.41 Å². The summed E-state index contributed by atoms with van der Waals surface area (Å²) in [4.78, 5) is 23.7. The maximum Gasteiger partial charge on any atom is 0.490 e. The fourth-order valence-electron chi connectivity index (χ4n) is 3.02. The first-order valence-electron chi connectivity index (χ1n) is 7.37. The molecule has 0 aliphatic carbocycles. The van der Waals surface area contributed by atoms with Crippen LogP contribution in [-0.2, 0) is 4.79 Å². The standard InChI is InChI=1S/C11H17F2N3O.C2HF3O2/c12-11(13)7-16(8-11)9(17)15-5-10(6-15)1-3-14-4-2-10;3-2(4,5)1(6)7/h14H,1-8H2;(H,6,7). The zero-order chi connectivity index (χ0) is 18.2. The normalized spacial score (nSPS) is 24.4. The molecule has 0 aromatic heterocycles. The number of urea groups is 1. The van der Waals surface area contributed by atoms with Gasteiger partial charge in [0.05, 0.1) is 13.1 Å². The van der Waals surface area contributed by atoms with E-state index >= 15 is 0 Å². The van der Waals surface area contributed by atoms with Crippen LogP contribution < -0.4 is 5.32 Å². The van der Waals surface area contributed by atoms with Gasteiger partial charge in [-0.3, -0.25) is 0 Å². The van der Waals surface area contributed by atoms with Gasteiger partial charge in [-0.05, 0) is 25.9 Å². The Morgan fingerprint density at radius 3 is 1.75 bits per heavy atom. The lowest BCUT2D eigenvalue weighted by Gasteiger charge is -2.54. The third-order valence-corrected chi connectivity index (χ3v) is 4.34. The number of carbonyl (C=O) groups excluding carboxylic acids is 1. The van der Waals surface area contributed by atoms with E-state index in [0.29, 0.717) is 0 Å². The van der Waals surface area contributed by atoms with Crippen LogP contribution >= 0.6 is 0 Å². The van der Waals surface area contributed by atoms with Crippen molar-refractivity contribution in [3.63, 3.8) is 0 Å². The number of hydrogen-bond acceptors (Lipinski definition) is 3. The molecule has 0 saturated carbocycles. The summed E-state index contributed by atoms with van der Waals surface area (Å²) in [6, 6.07) is -0.208. The highest BCUT2D eigenvalue weighted by molar-refractivity contribution is 5.76. The van der Waals surface area contributed by atoms with Gasteiger partial charge in [-0.1, -0.05) is 0 Å². The van der Waals surface area contributed by atoms with Crippen LogP contribution in [0, 0.1) is 5.41 Å². The van der Waals surface area contributed by atoms with Crippen LogP contribution in [0.5, 0.6) is 0 Å². The zero-order valence-electron chi connectivity index (χ0n) is 12.7. The molecule has 2 N–H and O–H groups in total. The Bertz CT molecular complexity index is 490. The number of carboxylic acid groups (broad SMARTS) is 1. The van der Waals surface area contributed by atoms with E-state index in [4.69, 9.17) is 9.90 Å². The van der Waals surface area contributed by atoms with Crippen molar-refractivity contribution in [1.29, 1.82) is 0 Å². The highest BCUT2D eigenvalue weighted by Crippen LogP contribution is 2.40. The number of carboxylic acids is 1. The van der Waals surface area contributed by atoms with Gasteiger partial charge in [0.15, 0.2) is 0 Å². The lowest BCUT2D eigenvalue weighted by Crippen LogP contribution is -2.68.